The monoisotopic (exact) mass is 242 g/mol. The smallest absolute Gasteiger partial charge is 0.237 e. The fourth-order valence-electron chi connectivity index (χ4n) is 1.82. The number of nitrogens with one attached hydrogen (secondary N) is 2. The Bertz CT molecular complexity index is 233. The Balaban J connectivity index is 4.07. The molecule has 0 aliphatic rings. The molecule has 0 saturated carbocycles. The first-order chi connectivity index (χ1) is 7.65. The van der Waals surface area contributed by atoms with Gasteiger partial charge in [0.1, 0.15) is 0 Å². The summed E-state index contributed by atoms with van der Waals surface area (Å²) in [4.78, 5) is 11.9. The summed E-state index contributed by atoms with van der Waals surface area (Å²) in [6.07, 6.45) is 2.30. The van der Waals surface area contributed by atoms with Crippen LogP contribution in [-0.2, 0) is 4.79 Å². The van der Waals surface area contributed by atoms with Crippen molar-refractivity contribution in [3.63, 3.8) is 0 Å². The van der Waals surface area contributed by atoms with Crippen molar-refractivity contribution in [3.8, 4) is 0 Å². The molecule has 3 nitrogen and oxygen atoms in total. The molecule has 0 bridgehead atoms. The first kappa shape index (κ1) is 16.4. The molecule has 0 saturated heterocycles. The maximum atomic E-state index is 11.9. The molecule has 0 aromatic rings. The van der Waals surface area contributed by atoms with Gasteiger partial charge in [-0.05, 0) is 47.0 Å². The predicted molar refractivity (Wildman–Crippen MR) is 74.0 cm³/mol. The van der Waals surface area contributed by atoms with Crippen molar-refractivity contribution in [2.45, 2.75) is 78.9 Å². The Kier molecular flexibility index (Phi) is 6.76. The van der Waals surface area contributed by atoms with Crippen molar-refractivity contribution < 1.29 is 4.79 Å². The summed E-state index contributed by atoms with van der Waals surface area (Å²) in [5.74, 6) is 0.781. The molecule has 0 spiro atoms. The highest BCUT2D eigenvalue weighted by Crippen LogP contribution is 2.10. The maximum Gasteiger partial charge on any atom is 0.237 e. The molecule has 3 atom stereocenters. The number of rotatable bonds is 6. The Labute approximate surface area is 107 Å². The van der Waals surface area contributed by atoms with Crippen molar-refractivity contribution >= 4 is 5.91 Å². The van der Waals surface area contributed by atoms with E-state index in [2.05, 4.69) is 31.4 Å². The lowest BCUT2D eigenvalue weighted by Gasteiger charge is -2.26. The molecular weight excluding hydrogens is 212 g/mol. The third-order valence-corrected chi connectivity index (χ3v) is 2.88. The van der Waals surface area contributed by atoms with E-state index in [0.717, 1.165) is 6.42 Å². The molecule has 0 radical (unpaired) electrons. The molecule has 2 N–H and O–H groups in total. The molecule has 17 heavy (non-hydrogen) atoms. The quantitative estimate of drug-likeness (QED) is 0.752. The van der Waals surface area contributed by atoms with Crippen LogP contribution in [0, 0.1) is 5.92 Å². The van der Waals surface area contributed by atoms with E-state index < -0.39 is 0 Å². The number of hydrogen-bond acceptors (Lipinski definition) is 2. The molecule has 3 heteroatoms. The van der Waals surface area contributed by atoms with Crippen LogP contribution < -0.4 is 10.6 Å². The van der Waals surface area contributed by atoms with Gasteiger partial charge in [0.2, 0.25) is 5.91 Å². The largest absolute Gasteiger partial charge is 0.350 e. The topological polar surface area (TPSA) is 41.1 Å². The number of amides is 1. The molecule has 102 valence electrons. The third kappa shape index (κ3) is 8.19. The summed E-state index contributed by atoms with van der Waals surface area (Å²) in [5, 5.41) is 6.35. The van der Waals surface area contributed by atoms with E-state index in [1.807, 2.05) is 27.7 Å². The third-order valence-electron chi connectivity index (χ3n) is 2.88. The molecule has 0 heterocycles. The molecular formula is C14H30N2O. The van der Waals surface area contributed by atoms with Gasteiger partial charge in [0.05, 0.1) is 6.04 Å². The zero-order valence-corrected chi connectivity index (χ0v) is 12.6. The van der Waals surface area contributed by atoms with E-state index in [-0.39, 0.29) is 17.5 Å². The summed E-state index contributed by atoms with van der Waals surface area (Å²) in [6, 6.07) is 0.249. The molecule has 0 aromatic carbocycles. The SMILES string of the molecule is CCC(C)CC(C)NC(C)C(=O)NC(C)(C)C. The molecule has 3 unspecified atom stereocenters. The Hall–Kier alpha value is -0.570. The molecule has 0 aliphatic heterocycles. The highest BCUT2D eigenvalue weighted by molar-refractivity contribution is 5.81. The Morgan fingerprint density at radius 3 is 2.12 bits per heavy atom. The van der Waals surface area contributed by atoms with Crippen molar-refractivity contribution in [2.75, 3.05) is 0 Å². The minimum atomic E-state index is -0.160. The van der Waals surface area contributed by atoms with Crippen molar-refractivity contribution in [1.29, 1.82) is 0 Å². The highest BCUT2D eigenvalue weighted by atomic mass is 16.2. The van der Waals surface area contributed by atoms with Crippen LogP contribution >= 0.6 is 0 Å². The molecule has 0 aromatic heterocycles. The van der Waals surface area contributed by atoms with Crippen LogP contribution in [0.2, 0.25) is 0 Å². The van der Waals surface area contributed by atoms with Crippen molar-refractivity contribution in [2.24, 2.45) is 5.92 Å². The lowest BCUT2D eigenvalue weighted by molar-refractivity contribution is -0.124. The average molecular weight is 242 g/mol. The van der Waals surface area contributed by atoms with Gasteiger partial charge < -0.3 is 10.6 Å². The number of carbonyl (C=O) groups excluding carboxylic acids is 1. The van der Waals surface area contributed by atoms with Crippen LogP contribution in [0.3, 0.4) is 0 Å². The highest BCUT2D eigenvalue weighted by Gasteiger charge is 2.20. The van der Waals surface area contributed by atoms with Gasteiger partial charge in [-0.15, -0.1) is 0 Å². The molecule has 0 fully saturated rings. The van der Waals surface area contributed by atoms with Crippen LogP contribution in [0.4, 0.5) is 0 Å². The second-order valence-corrected chi connectivity index (χ2v) is 6.28. The summed E-state index contributed by atoms with van der Waals surface area (Å²) >= 11 is 0. The van der Waals surface area contributed by atoms with Crippen molar-refractivity contribution in [3.05, 3.63) is 0 Å². The Morgan fingerprint density at radius 1 is 1.18 bits per heavy atom. The van der Waals surface area contributed by atoms with Crippen LogP contribution in [0.25, 0.3) is 0 Å². The van der Waals surface area contributed by atoms with Crippen LogP contribution in [0.1, 0.15) is 61.3 Å². The fourth-order valence-corrected chi connectivity index (χ4v) is 1.82. The van der Waals surface area contributed by atoms with Gasteiger partial charge in [-0.2, -0.15) is 0 Å². The first-order valence-electron chi connectivity index (χ1n) is 6.73. The van der Waals surface area contributed by atoms with Crippen LogP contribution in [0.15, 0.2) is 0 Å². The molecule has 1 amide bonds. The zero-order chi connectivity index (χ0) is 13.6. The maximum absolute atomic E-state index is 11.9. The molecule has 0 rings (SSSR count). The standard InChI is InChI=1S/C14H30N2O/c1-8-10(2)9-11(3)15-12(4)13(17)16-14(5,6)7/h10-12,15H,8-9H2,1-7H3,(H,16,17). The lowest BCUT2D eigenvalue weighted by Crippen LogP contribution is -2.51. The van der Waals surface area contributed by atoms with Gasteiger partial charge in [0.15, 0.2) is 0 Å². The summed E-state index contributed by atoms with van der Waals surface area (Å²) in [6.45, 7) is 14.5. The van der Waals surface area contributed by atoms with Gasteiger partial charge in [0.25, 0.3) is 0 Å². The second kappa shape index (κ2) is 7.00. The van der Waals surface area contributed by atoms with E-state index in [1.165, 1.54) is 6.42 Å². The van der Waals surface area contributed by atoms with Crippen LogP contribution in [0.5, 0.6) is 0 Å². The van der Waals surface area contributed by atoms with Gasteiger partial charge >= 0.3 is 0 Å². The zero-order valence-electron chi connectivity index (χ0n) is 12.6. The summed E-state index contributed by atoms with van der Waals surface area (Å²) < 4.78 is 0. The van der Waals surface area contributed by atoms with E-state index in [1.54, 1.807) is 0 Å². The lowest BCUT2D eigenvalue weighted by atomic mass is 10.00. The van der Waals surface area contributed by atoms with Gasteiger partial charge in [-0.3, -0.25) is 4.79 Å². The van der Waals surface area contributed by atoms with Crippen LogP contribution in [-0.4, -0.2) is 23.5 Å². The van der Waals surface area contributed by atoms with E-state index in [9.17, 15) is 4.79 Å². The van der Waals surface area contributed by atoms with E-state index in [0.29, 0.717) is 12.0 Å². The second-order valence-electron chi connectivity index (χ2n) is 6.28. The normalized spacial score (nSPS) is 17.4. The first-order valence-corrected chi connectivity index (χ1v) is 6.73. The Morgan fingerprint density at radius 2 is 1.71 bits per heavy atom. The van der Waals surface area contributed by atoms with Gasteiger partial charge in [0, 0.05) is 11.6 Å². The van der Waals surface area contributed by atoms with E-state index in [4.69, 9.17) is 0 Å². The van der Waals surface area contributed by atoms with Gasteiger partial charge in [-0.25, -0.2) is 0 Å². The average Bonchev–Trinajstić information content (AvgIpc) is 2.14. The minimum Gasteiger partial charge on any atom is -0.350 e. The summed E-state index contributed by atoms with van der Waals surface area (Å²) in [5.41, 5.74) is -0.160. The fraction of sp³-hybridized carbons (Fsp3) is 0.929. The minimum absolute atomic E-state index is 0.0773. The summed E-state index contributed by atoms with van der Waals surface area (Å²) in [7, 11) is 0. The molecule has 0 aliphatic carbocycles. The number of hydrogen-bond donors (Lipinski definition) is 2. The van der Waals surface area contributed by atoms with Crippen molar-refractivity contribution in [1.82, 2.24) is 10.6 Å². The predicted octanol–water partition coefficient (Wildman–Crippen LogP) is 2.70. The number of carbonyl (C=O) groups is 1. The van der Waals surface area contributed by atoms with Gasteiger partial charge in [-0.1, -0.05) is 20.3 Å². The van der Waals surface area contributed by atoms with E-state index >= 15 is 0 Å².